The van der Waals surface area contributed by atoms with Crippen LogP contribution in [0.3, 0.4) is 0 Å². The molecule has 0 unspecified atom stereocenters. The lowest BCUT2D eigenvalue weighted by Crippen LogP contribution is -1.73. The van der Waals surface area contributed by atoms with E-state index in [2.05, 4.69) is 0 Å². The smallest absolute Gasteiger partial charge is 0.174 e. The van der Waals surface area contributed by atoms with Gasteiger partial charge in [0.2, 0.25) is 0 Å². The highest BCUT2D eigenvalue weighted by molar-refractivity contribution is 8.31. The molecule has 0 aromatic rings. The second-order valence-electron chi connectivity index (χ2n) is 0.609. The van der Waals surface area contributed by atoms with Gasteiger partial charge in [0.25, 0.3) is 0 Å². The first-order valence-electron chi connectivity index (χ1n) is 1.14. The fourth-order valence-corrected chi connectivity index (χ4v) is 0. The van der Waals surface area contributed by atoms with E-state index in [-0.39, 0.29) is 5.12 Å². The molecule has 0 aromatic carbocycles. The number of hydrogen-bond acceptors (Lipinski definition) is 2. The van der Waals surface area contributed by atoms with Crippen LogP contribution in [-0.2, 0) is 4.79 Å². The van der Waals surface area contributed by atoms with Gasteiger partial charge in [-0.3, -0.25) is 4.79 Å². The molecule has 3 heteroatoms. The van der Waals surface area contributed by atoms with Crippen molar-refractivity contribution in [2.24, 2.45) is 0 Å². The first kappa shape index (κ1) is 5.08. The largest absolute Gasteiger partial charge is 0.289 e. The van der Waals surface area contributed by atoms with Crippen molar-refractivity contribution < 1.29 is 4.79 Å². The minimum atomic E-state index is -0.0509. The number of carbonyl (C=O) groups is 1. The van der Waals surface area contributed by atoms with Crippen molar-refractivity contribution in [3.8, 4) is 0 Å². The lowest BCUT2D eigenvalue weighted by Gasteiger charge is -1.72. The van der Waals surface area contributed by atoms with Gasteiger partial charge in [-0.25, -0.2) is 0 Å². The molecule has 0 atom stereocenters. The second kappa shape index (κ2) is 2.33. The molecule has 0 aliphatic carbocycles. The van der Waals surface area contributed by atoms with Gasteiger partial charge in [0.15, 0.2) is 12.2 Å². The Bertz CT molecular complexity index is 44.9. The van der Waals surface area contributed by atoms with Gasteiger partial charge < -0.3 is 0 Å². The normalized spacial score (nSPS) is 7.40. The molecule has 0 rings (SSSR count). The Morgan fingerprint density at radius 1 is 2.00 bits per heavy atom. The highest BCUT2D eigenvalue weighted by atomic mass is 32.2. The maximum Gasteiger partial charge on any atom is 0.174 e. The zero-order chi connectivity index (χ0) is 4.28. The lowest BCUT2D eigenvalue weighted by molar-refractivity contribution is -0.109. The average Bonchev–Trinajstić information content (AvgIpc) is 1.38. The number of carbonyl (C=O) groups excluding carboxylic acids is 1. The Morgan fingerprint density at radius 3 is 2.20 bits per heavy atom. The van der Waals surface area contributed by atoms with E-state index in [1.54, 1.807) is 0 Å². The predicted molar refractivity (Wildman–Crippen MR) is 24.0 cm³/mol. The highest BCUT2D eigenvalue weighted by Gasteiger charge is 1.76. The minimum Gasteiger partial charge on any atom is -0.289 e. The van der Waals surface area contributed by atoms with Crippen LogP contribution in [0.15, 0.2) is 0 Å². The molecule has 0 amide bonds. The van der Waals surface area contributed by atoms with Crippen molar-refractivity contribution in [2.75, 3.05) is 0 Å². The molecule has 0 aliphatic heterocycles. The van der Waals surface area contributed by atoms with E-state index in [1.165, 1.54) is 6.92 Å². The van der Waals surface area contributed by atoms with E-state index < -0.39 is 0 Å². The van der Waals surface area contributed by atoms with E-state index in [0.717, 1.165) is 11.6 Å². The van der Waals surface area contributed by atoms with Crippen molar-refractivity contribution in [1.82, 2.24) is 0 Å². The third kappa shape index (κ3) is 4.08. The maximum atomic E-state index is 9.65. The minimum absolute atomic E-state index is 0.0509. The van der Waals surface area contributed by atoms with Crippen LogP contribution in [0.1, 0.15) is 6.92 Å². The first-order valence-corrected chi connectivity index (χ1v) is 2.02. The quantitative estimate of drug-likeness (QED) is 0.395. The van der Waals surface area contributed by atoms with E-state index >= 15 is 0 Å². The third-order valence-electron chi connectivity index (χ3n) is 0.166. The summed E-state index contributed by atoms with van der Waals surface area (Å²) in [6, 6.07) is 0. The van der Waals surface area contributed by atoms with Crippen molar-refractivity contribution in [2.45, 2.75) is 6.92 Å². The van der Waals surface area contributed by atoms with Gasteiger partial charge in [0.1, 0.15) is 0 Å². The third-order valence-corrected chi connectivity index (χ3v) is 0.498. The van der Waals surface area contributed by atoms with Crippen molar-refractivity contribution in [3.63, 3.8) is 0 Å². The zero-order valence-corrected chi connectivity index (χ0v) is 3.71. The zero-order valence-electron chi connectivity index (χ0n) is 2.89. The summed E-state index contributed by atoms with van der Waals surface area (Å²) in [7, 11) is 4.74. The molecule has 0 aromatic heterocycles. The fourth-order valence-electron chi connectivity index (χ4n) is 0. The van der Waals surface area contributed by atoms with Crippen molar-refractivity contribution >= 4 is 23.9 Å². The summed E-state index contributed by atoms with van der Waals surface area (Å²) >= 11 is 0.741. The van der Waals surface area contributed by atoms with Gasteiger partial charge in [-0.1, -0.05) is 0 Å². The summed E-state index contributed by atoms with van der Waals surface area (Å²) in [5.41, 5.74) is 0. The Kier molecular flexibility index (Phi) is 2.37. The molecule has 0 saturated heterocycles. The molecule has 1 nitrogen and oxygen atoms in total. The molecule has 5 heavy (non-hydrogen) atoms. The van der Waals surface area contributed by atoms with E-state index in [1.807, 2.05) is 0 Å². The van der Waals surface area contributed by atoms with Crippen LogP contribution in [-0.4, -0.2) is 12.2 Å². The predicted octanol–water partition coefficient (Wildman–Crippen LogP) is 0.350. The van der Waals surface area contributed by atoms with Crippen LogP contribution in [0.2, 0.25) is 0 Å². The SMILES string of the molecule is [B]SC(C)=O. The second-order valence-corrected chi connectivity index (χ2v) is 1.42. The number of rotatable bonds is 0. The number of hydrogen-bond donors (Lipinski definition) is 0. The Hall–Kier alpha value is 0.0849. The molecular formula is C2H3BOS. The van der Waals surface area contributed by atoms with Gasteiger partial charge >= 0.3 is 0 Å². The van der Waals surface area contributed by atoms with Gasteiger partial charge in [0.05, 0.1) is 0 Å². The summed E-state index contributed by atoms with van der Waals surface area (Å²) < 4.78 is 0. The summed E-state index contributed by atoms with van der Waals surface area (Å²) in [5.74, 6) is 0. The summed E-state index contributed by atoms with van der Waals surface area (Å²) in [6.07, 6.45) is 0. The van der Waals surface area contributed by atoms with Gasteiger partial charge in [0, 0.05) is 6.92 Å². The van der Waals surface area contributed by atoms with Crippen LogP contribution in [0, 0.1) is 0 Å². The molecule has 0 heterocycles. The molecule has 0 N–H and O–H groups in total. The molecule has 2 radical (unpaired) electrons. The Morgan fingerprint density at radius 2 is 2.20 bits per heavy atom. The monoisotopic (exact) mass is 86.0 g/mol. The van der Waals surface area contributed by atoms with E-state index in [4.69, 9.17) is 7.12 Å². The Balaban J connectivity index is 2.85. The maximum absolute atomic E-state index is 9.65. The Labute approximate surface area is 36.4 Å². The van der Waals surface area contributed by atoms with Crippen molar-refractivity contribution in [3.05, 3.63) is 0 Å². The molecule has 0 fully saturated rings. The molecule has 0 saturated carbocycles. The summed E-state index contributed by atoms with van der Waals surface area (Å²) in [4.78, 5) is 9.65. The van der Waals surface area contributed by atoms with Crippen LogP contribution in [0.25, 0.3) is 0 Å². The average molecular weight is 85.9 g/mol. The van der Waals surface area contributed by atoms with Gasteiger partial charge in [-0.05, 0) is 0 Å². The first-order chi connectivity index (χ1) is 2.27. The molecule has 0 spiro atoms. The van der Waals surface area contributed by atoms with Crippen LogP contribution in [0.5, 0.6) is 0 Å². The van der Waals surface area contributed by atoms with E-state index in [9.17, 15) is 4.79 Å². The topological polar surface area (TPSA) is 17.1 Å². The fraction of sp³-hybridized carbons (Fsp3) is 0.500. The summed E-state index contributed by atoms with van der Waals surface area (Å²) in [6.45, 7) is 1.42. The lowest BCUT2D eigenvalue weighted by atomic mass is 10.8. The van der Waals surface area contributed by atoms with Gasteiger partial charge in [-0.2, -0.15) is 11.6 Å². The van der Waals surface area contributed by atoms with Crippen molar-refractivity contribution in [1.29, 1.82) is 0 Å². The molecule has 0 aliphatic rings. The standard InChI is InChI=1S/C2H3BOS/c1-2(4)5-3/h1H3. The molecule has 0 bridgehead atoms. The van der Waals surface area contributed by atoms with Crippen LogP contribution >= 0.6 is 11.6 Å². The summed E-state index contributed by atoms with van der Waals surface area (Å²) in [5, 5.41) is -0.0509. The van der Waals surface area contributed by atoms with E-state index in [0.29, 0.717) is 0 Å². The molecule has 26 valence electrons. The molecular weight excluding hydrogens is 82.9 g/mol. The van der Waals surface area contributed by atoms with Gasteiger partial charge in [-0.15, -0.1) is 0 Å². The van der Waals surface area contributed by atoms with Crippen LogP contribution < -0.4 is 0 Å². The highest BCUT2D eigenvalue weighted by Crippen LogP contribution is 1.86. The van der Waals surface area contributed by atoms with Crippen LogP contribution in [0.4, 0.5) is 0 Å².